The van der Waals surface area contributed by atoms with Crippen molar-refractivity contribution < 1.29 is 9.53 Å². The standard InChI is InChI=1S/C22H22N4O2/c1-4-26-19-12-17(28-3)10-9-16(19)11-20(26)18-13-21(25-24-18)23-22(27)15-7-5-14(2)6-8-15/h5-13H,4H2,1-3H3,(H2,23,24,25,27). The molecule has 28 heavy (non-hydrogen) atoms. The van der Waals surface area contributed by atoms with Crippen LogP contribution < -0.4 is 10.1 Å². The second-order valence-corrected chi connectivity index (χ2v) is 6.69. The van der Waals surface area contributed by atoms with E-state index < -0.39 is 0 Å². The number of hydrogen-bond donors (Lipinski definition) is 2. The van der Waals surface area contributed by atoms with Crippen molar-refractivity contribution >= 4 is 22.6 Å². The molecule has 0 saturated heterocycles. The summed E-state index contributed by atoms with van der Waals surface area (Å²) in [5.41, 5.74) is 4.66. The zero-order valence-electron chi connectivity index (χ0n) is 16.1. The van der Waals surface area contributed by atoms with Gasteiger partial charge in [0.15, 0.2) is 5.82 Å². The van der Waals surface area contributed by atoms with Gasteiger partial charge in [0.1, 0.15) is 5.75 Å². The van der Waals surface area contributed by atoms with Crippen LogP contribution in [0.25, 0.3) is 22.3 Å². The highest BCUT2D eigenvalue weighted by Gasteiger charge is 2.14. The van der Waals surface area contributed by atoms with Crippen molar-refractivity contribution in [3.8, 4) is 17.1 Å². The van der Waals surface area contributed by atoms with Gasteiger partial charge in [-0.25, -0.2) is 0 Å². The van der Waals surface area contributed by atoms with Gasteiger partial charge in [-0.3, -0.25) is 9.89 Å². The van der Waals surface area contributed by atoms with Gasteiger partial charge in [-0.15, -0.1) is 0 Å². The Bertz CT molecular complexity index is 1140. The van der Waals surface area contributed by atoms with Crippen molar-refractivity contribution in [3.63, 3.8) is 0 Å². The first-order chi connectivity index (χ1) is 13.6. The molecule has 0 aliphatic carbocycles. The minimum atomic E-state index is -0.182. The van der Waals surface area contributed by atoms with Crippen molar-refractivity contribution in [1.29, 1.82) is 0 Å². The first-order valence-corrected chi connectivity index (χ1v) is 9.20. The number of fused-ring (bicyclic) bond motifs is 1. The van der Waals surface area contributed by atoms with Crippen LogP contribution in [-0.2, 0) is 6.54 Å². The van der Waals surface area contributed by atoms with Gasteiger partial charge in [0.05, 0.1) is 24.0 Å². The number of amides is 1. The van der Waals surface area contributed by atoms with E-state index in [0.717, 1.165) is 40.1 Å². The minimum absolute atomic E-state index is 0.182. The second-order valence-electron chi connectivity index (χ2n) is 6.69. The Labute approximate surface area is 163 Å². The molecule has 1 amide bonds. The van der Waals surface area contributed by atoms with E-state index in [1.807, 2.05) is 43.3 Å². The Morgan fingerprint density at radius 2 is 1.93 bits per heavy atom. The van der Waals surface area contributed by atoms with E-state index in [1.165, 1.54) is 0 Å². The molecule has 6 nitrogen and oxygen atoms in total. The summed E-state index contributed by atoms with van der Waals surface area (Å²) in [6.07, 6.45) is 0. The van der Waals surface area contributed by atoms with Crippen LogP contribution in [0.1, 0.15) is 22.8 Å². The van der Waals surface area contributed by atoms with Crippen LogP contribution in [0.2, 0.25) is 0 Å². The number of aryl methyl sites for hydroxylation is 2. The molecular formula is C22H22N4O2. The molecule has 0 spiro atoms. The van der Waals surface area contributed by atoms with Gasteiger partial charge >= 0.3 is 0 Å². The van der Waals surface area contributed by atoms with Gasteiger partial charge in [-0.05, 0) is 44.2 Å². The summed E-state index contributed by atoms with van der Waals surface area (Å²) >= 11 is 0. The lowest BCUT2D eigenvalue weighted by Gasteiger charge is -2.07. The number of nitrogens with zero attached hydrogens (tertiary/aromatic N) is 2. The van der Waals surface area contributed by atoms with Crippen LogP contribution in [-0.4, -0.2) is 27.8 Å². The topological polar surface area (TPSA) is 71.9 Å². The lowest BCUT2D eigenvalue weighted by atomic mass is 10.1. The number of rotatable bonds is 5. The summed E-state index contributed by atoms with van der Waals surface area (Å²) < 4.78 is 7.54. The van der Waals surface area contributed by atoms with Crippen LogP contribution in [0.15, 0.2) is 54.6 Å². The maximum atomic E-state index is 12.4. The summed E-state index contributed by atoms with van der Waals surface area (Å²) in [7, 11) is 1.67. The molecule has 4 rings (SSSR count). The van der Waals surface area contributed by atoms with E-state index in [4.69, 9.17) is 4.74 Å². The highest BCUT2D eigenvalue weighted by Crippen LogP contribution is 2.30. The van der Waals surface area contributed by atoms with Gasteiger partial charge in [-0.1, -0.05) is 17.7 Å². The third kappa shape index (κ3) is 3.24. The number of aromatic nitrogens is 3. The lowest BCUT2D eigenvalue weighted by Crippen LogP contribution is -2.11. The molecule has 0 saturated carbocycles. The van der Waals surface area contributed by atoms with Crippen molar-refractivity contribution in [2.45, 2.75) is 20.4 Å². The van der Waals surface area contributed by atoms with Crippen LogP contribution in [0.4, 0.5) is 5.82 Å². The average molecular weight is 374 g/mol. The smallest absolute Gasteiger partial charge is 0.256 e. The first kappa shape index (κ1) is 17.9. The molecule has 0 aliphatic rings. The third-order valence-corrected chi connectivity index (χ3v) is 4.84. The van der Waals surface area contributed by atoms with Gasteiger partial charge in [0.2, 0.25) is 0 Å². The molecule has 0 atom stereocenters. The summed E-state index contributed by atoms with van der Waals surface area (Å²) in [6.45, 7) is 4.89. The number of methoxy groups -OCH3 is 1. The first-order valence-electron chi connectivity index (χ1n) is 9.20. The SMILES string of the molecule is CCn1c(-c2cc(NC(=O)c3ccc(C)cc3)n[nH]2)cc2ccc(OC)cc21. The molecule has 2 aromatic carbocycles. The fourth-order valence-corrected chi connectivity index (χ4v) is 3.34. The predicted octanol–water partition coefficient (Wildman–Crippen LogP) is 4.62. The lowest BCUT2D eigenvalue weighted by molar-refractivity contribution is 0.102. The molecule has 0 bridgehead atoms. The van der Waals surface area contributed by atoms with Crippen LogP contribution in [0.3, 0.4) is 0 Å². The molecule has 2 aromatic heterocycles. The zero-order chi connectivity index (χ0) is 19.7. The fraction of sp³-hybridized carbons (Fsp3) is 0.182. The molecule has 2 N–H and O–H groups in total. The number of nitrogens with one attached hydrogen (secondary N) is 2. The number of ether oxygens (including phenoxy) is 1. The van der Waals surface area contributed by atoms with Crippen LogP contribution >= 0.6 is 0 Å². The van der Waals surface area contributed by atoms with E-state index in [1.54, 1.807) is 19.2 Å². The highest BCUT2D eigenvalue weighted by atomic mass is 16.5. The third-order valence-electron chi connectivity index (χ3n) is 4.84. The van der Waals surface area contributed by atoms with Gasteiger partial charge in [0, 0.05) is 29.6 Å². The number of aromatic amines is 1. The number of hydrogen-bond acceptors (Lipinski definition) is 3. The highest BCUT2D eigenvalue weighted by molar-refractivity contribution is 6.04. The summed E-state index contributed by atoms with van der Waals surface area (Å²) in [5, 5.41) is 11.3. The minimum Gasteiger partial charge on any atom is -0.497 e. The van der Waals surface area contributed by atoms with E-state index >= 15 is 0 Å². The second kappa shape index (κ2) is 7.23. The maximum Gasteiger partial charge on any atom is 0.256 e. The Hall–Kier alpha value is -3.54. The monoisotopic (exact) mass is 374 g/mol. The van der Waals surface area contributed by atoms with Gasteiger partial charge in [0.25, 0.3) is 5.91 Å². The summed E-state index contributed by atoms with van der Waals surface area (Å²) in [6, 6.07) is 17.4. The number of carbonyl (C=O) groups is 1. The molecule has 0 fully saturated rings. The Morgan fingerprint density at radius 1 is 1.14 bits per heavy atom. The van der Waals surface area contributed by atoms with Gasteiger partial charge in [-0.2, -0.15) is 5.10 Å². The predicted molar refractivity (Wildman–Crippen MR) is 111 cm³/mol. The summed E-state index contributed by atoms with van der Waals surface area (Å²) in [5.74, 6) is 1.13. The molecule has 2 heterocycles. The summed E-state index contributed by atoms with van der Waals surface area (Å²) in [4.78, 5) is 12.4. The van der Waals surface area contributed by atoms with E-state index in [9.17, 15) is 4.79 Å². The van der Waals surface area contributed by atoms with Crippen molar-refractivity contribution in [1.82, 2.24) is 14.8 Å². The van der Waals surface area contributed by atoms with E-state index in [0.29, 0.717) is 11.4 Å². The number of anilines is 1. The largest absolute Gasteiger partial charge is 0.497 e. The molecule has 0 aliphatic heterocycles. The maximum absolute atomic E-state index is 12.4. The van der Waals surface area contributed by atoms with Crippen molar-refractivity contribution in [2.24, 2.45) is 0 Å². The fourth-order valence-electron chi connectivity index (χ4n) is 3.34. The number of H-pyrrole nitrogens is 1. The normalized spacial score (nSPS) is 11.0. The molecule has 0 unspecified atom stereocenters. The zero-order valence-corrected chi connectivity index (χ0v) is 16.1. The Kier molecular flexibility index (Phi) is 4.61. The number of carbonyl (C=O) groups excluding carboxylic acids is 1. The molecule has 142 valence electrons. The van der Waals surface area contributed by atoms with E-state index in [-0.39, 0.29) is 5.91 Å². The van der Waals surface area contributed by atoms with Crippen LogP contribution in [0, 0.1) is 6.92 Å². The number of benzene rings is 2. The van der Waals surface area contributed by atoms with Crippen molar-refractivity contribution in [3.05, 3.63) is 65.7 Å². The molecule has 0 radical (unpaired) electrons. The quantitative estimate of drug-likeness (QED) is 0.535. The average Bonchev–Trinajstić information content (AvgIpc) is 3.31. The molecule has 4 aromatic rings. The van der Waals surface area contributed by atoms with E-state index in [2.05, 4.69) is 33.1 Å². The Morgan fingerprint density at radius 3 is 2.64 bits per heavy atom. The van der Waals surface area contributed by atoms with Gasteiger partial charge < -0.3 is 14.6 Å². The Balaban J connectivity index is 1.63. The van der Waals surface area contributed by atoms with Crippen molar-refractivity contribution in [2.75, 3.05) is 12.4 Å². The van der Waals surface area contributed by atoms with Crippen LogP contribution in [0.5, 0.6) is 5.75 Å². The molecular weight excluding hydrogens is 352 g/mol. The molecule has 6 heteroatoms.